The third kappa shape index (κ3) is 5.11. The van der Waals surface area contributed by atoms with Gasteiger partial charge in [0.15, 0.2) is 16.4 Å². The van der Waals surface area contributed by atoms with Gasteiger partial charge in [-0.15, -0.1) is 0 Å². The summed E-state index contributed by atoms with van der Waals surface area (Å²) in [6.45, 7) is 0.770. The first-order valence-corrected chi connectivity index (χ1v) is 9.43. The predicted molar refractivity (Wildman–Crippen MR) is 96.2 cm³/mol. The van der Waals surface area contributed by atoms with Gasteiger partial charge in [-0.2, -0.15) is 0 Å². The van der Waals surface area contributed by atoms with Crippen molar-refractivity contribution in [3.63, 3.8) is 0 Å². The molecule has 0 heterocycles. The third-order valence-electron chi connectivity index (χ3n) is 3.50. The molecule has 142 valence electrons. The molecule has 0 aliphatic heterocycles. The van der Waals surface area contributed by atoms with Crippen molar-refractivity contribution < 1.29 is 27.7 Å². The van der Waals surface area contributed by atoms with E-state index in [1.54, 1.807) is 0 Å². The third-order valence-corrected chi connectivity index (χ3v) is 5.28. The number of anilines is 1. The Bertz CT molecular complexity index is 986. The first-order valence-electron chi connectivity index (χ1n) is 7.78. The van der Waals surface area contributed by atoms with Crippen LogP contribution in [-0.2, 0) is 19.4 Å². The number of amides is 1. The molecule has 27 heavy (non-hydrogen) atoms. The smallest absolute Gasteiger partial charge is 0.339 e. The molecule has 10 heteroatoms. The summed E-state index contributed by atoms with van der Waals surface area (Å²) in [7, 11) is -3.64. The Morgan fingerprint density at radius 2 is 1.85 bits per heavy atom. The van der Waals surface area contributed by atoms with E-state index in [2.05, 4.69) is 5.32 Å². The first kappa shape index (κ1) is 20.0. The molecule has 0 aliphatic carbocycles. The molecule has 0 spiro atoms. The normalized spacial score (nSPS) is 10.9. The summed E-state index contributed by atoms with van der Waals surface area (Å²) in [4.78, 5) is 34.0. The van der Waals surface area contributed by atoms with Gasteiger partial charge in [-0.25, -0.2) is 13.2 Å². The van der Waals surface area contributed by atoms with Crippen LogP contribution in [0.5, 0.6) is 0 Å². The number of nitrogens with one attached hydrogen (secondary N) is 1. The summed E-state index contributed by atoms with van der Waals surface area (Å²) >= 11 is 0. The van der Waals surface area contributed by atoms with Crippen LogP contribution in [0.25, 0.3) is 0 Å². The van der Waals surface area contributed by atoms with Crippen LogP contribution in [0.2, 0.25) is 0 Å². The molecule has 2 aromatic carbocycles. The fourth-order valence-corrected chi connectivity index (χ4v) is 3.25. The fourth-order valence-electron chi connectivity index (χ4n) is 2.17. The van der Waals surface area contributed by atoms with Gasteiger partial charge >= 0.3 is 5.97 Å². The molecule has 0 radical (unpaired) electrons. The summed E-state index contributed by atoms with van der Waals surface area (Å²) in [5, 5.41) is 13.1. The van der Waals surface area contributed by atoms with Gasteiger partial charge in [-0.05, 0) is 18.2 Å². The summed E-state index contributed by atoms with van der Waals surface area (Å²) in [5.41, 5.74) is -0.204. The van der Waals surface area contributed by atoms with Crippen LogP contribution in [0.3, 0.4) is 0 Å². The minimum Gasteiger partial charge on any atom is -0.452 e. The highest BCUT2D eigenvalue weighted by Crippen LogP contribution is 2.19. The van der Waals surface area contributed by atoms with Gasteiger partial charge in [0, 0.05) is 17.8 Å². The summed E-state index contributed by atoms with van der Waals surface area (Å²) in [6.07, 6.45) is 0. The molecular formula is C17H16N2O7S. The minimum absolute atomic E-state index is 0.164. The minimum atomic E-state index is -3.64. The van der Waals surface area contributed by atoms with Gasteiger partial charge in [0.1, 0.15) is 0 Å². The molecule has 0 unspecified atom stereocenters. The van der Waals surface area contributed by atoms with Crippen LogP contribution in [0, 0.1) is 10.1 Å². The van der Waals surface area contributed by atoms with Crippen LogP contribution < -0.4 is 5.32 Å². The van der Waals surface area contributed by atoms with Crippen LogP contribution in [0.1, 0.15) is 17.3 Å². The van der Waals surface area contributed by atoms with Crippen molar-refractivity contribution in [2.45, 2.75) is 11.8 Å². The molecule has 1 amide bonds. The number of hydrogen-bond acceptors (Lipinski definition) is 7. The monoisotopic (exact) mass is 392 g/mol. The number of carbonyl (C=O) groups excluding carboxylic acids is 2. The van der Waals surface area contributed by atoms with E-state index in [-0.39, 0.29) is 27.6 Å². The zero-order valence-corrected chi connectivity index (χ0v) is 15.1. The van der Waals surface area contributed by atoms with Gasteiger partial charge in [-0.3, -0.25) is 14.9 Å². The number of sulfone groups is 1. The maximum absolute atomic E-state index is 12.2. The van der Waals surface area contributed by atoms with E-state index in [0.717, 1.165) is 6.07 Å². The fraction of sp³-hybridized carbons (Fsp3) is 0.176. The summed E-state index contributed by atoms with van der Waals surface area (Å²) in [6, 6.07) is 10.8. The second-order valence-electron chi connectivity index (χ2n) is 5.33. The Kier molecular flexibility index (Phi) is 6.24. The van der Waals surface area contributed by atoms with E-state index in [4.69, 9.17) is 4.74 Å². The Labute approximate surface area is 155 Å². The number of hydrogen-bond donors (Lipinski definition) is 1. The van der Waals surface area contributed by atoms with Crippen molar-refractivity contribution in [1.82, 2.24) is 0 Å². The second kappa shape index (κ2) is 8.41. The van der Waals surface area contributed by atoms with Crippen molar-refractivity contribution in [3.05, 3.63) is 64.2 Å². The number of nitrogens with zero attached hydrogens (tertiary/aromatic N) is 1. The van der Waals surface area contributed by atoms with Gasteiger partial charge in [0.25, 0.3) is 11.6 Å². The van der Waals surface area contributed by atoms with Crippen molar-refractivity contribution in [3.8, 4) is 0 Å². The van der Waals surface area contributed by atoms with Crippen LogP contribution >= 0.6 is 0 Å². The lowest BCUT2D eigenvalue weighted by Gasteiger charge is -2.10. The highest BCUT2D eigenvalue weighted by Gasteiger charge is 2.22. The number of rotatable bonds is 7. The average molecular weight is 392 g/mol. The lowest BCUT2D eigenvalue weighted by molar-refractivity contribution is -0.384. The number of nitro benzene ring substituents is 1. The van der Waals surface area contributed by atoms with Gasteiger partial charge < -0.3 is 10.1 Å². The van der Waals surface area contributed by atoms with Gasteiger partial charge in [-0.1, -0.05) is 25.1 Å². The molecule has 0 atom stereocenters. The number of nitro groups is 1. The molecule has 0 bridgehead atoms. The molecule has 1 N–H and O–H groups in total. The van der Waals surface area contributed by atoms with Crippen molar-refractivity contribution in [1.29, 1.82) is 0 Å². The second-order valence-corrected chi connectivity index (χ2v) is 7.58. The molecule has 0 aromatic heterocycles. The highest BCUT2D eigenvalue weighted by atomic mass is 32.2. The maximum Gasteiger partial charge on any atom is 0.339 e. The molecule has 0 saturated carbocycles. The van der Waals surface area contributed by atoms with E-state index < -0.39 is 33.2 Å². The average Bonchev–Trinajstić information content (AvgIpc) is 2.66. The van der Waals surface area contributed by atoms with Crippen LogP contribution in [0.15, 0.2) is 53.4 Å². The van der Waals surface area contributed by atoms with E-state index >= 15 is 0 Å². The molecule has 2 rings (SSSR count). The molecule has 0 aliphatic rings. The predicted octanol–water partition coefficient (Wildman–Crippen LogP) is 2.18. The Morgan fingerprint density at radius 3 is 2.52 bits per heavy atom. The van der Waals surface area contributed by atoms with E-state index in [0.29, 0.717) is 0 Å². The van der Waals surface area contributed by atoms with E-state index in [1.807, 2.05) is 0 Å². The van der Waals surface area contributed by atoms with E-state index in [9.17, 15) is 28.1 Å². The largest absolute Gasteiger partial charge is 0.452 e. The number of non-ortho nitro benzene ring substituents is 1. The molecule has 9 nitrogen and oxygen atoms in total. The van der Waals surface area contributed by atoms with Crippen LogP contribution in [0.4, 0.5) is 11.4 Å². The van der Waals surface area contributed by atoms with Crippen molar-refractivity contribution >= 4 is 33.1 Å². The SMILES string of the molecule is CCS(=O)(=O)c1ccccc1C(=O)OCC(=O)Nc1cccc([N+](=O)[O-])c1. The maximum atomic E-state index is 12.2. The Balaban J connectivity index is 2.05. The topological polar surface area (TPSA) is 133 Å². The zero-order valence-electron chi connectivity index (χ0n) is 14.2. The number of esters is 1. The molecular weight excluding hydrogens is 376 g/mol. The van der Waals surface area contributed by atoms with Crippen LogP contribution in [-0.4, -0.2) is 37.6 Å². The standard InChI is InChI=1S/C17H16N2O7S/c1-2-27(24,25)15-9-4-3-8-14(15)17(21)26-11-16(20)18-12-6-5-7-13(10-12)19(22)23/h3-10H,2,11H2,1H3,(H,18,20). The Hall–Kier alpha value is -3.27. The quantitative estimate of drug-likeness (QED) is 0.434. The molecule has 2 aromatic rings. The molecule has 0 saturated heterocycles. The first-order chi connectivity index (χ1) is 12.7. The van der Waals surface area contributed by atoms with Crippen molar-refractivity contribution in [2.75, 3.05) is 17.7 Å². The van der Waals surface area contributed by atoms with Gasteiger partial charge in [0.2, 0.25) is 0 Å². The summed E-state index contributed by atoms with van der Waals surface area (Å²) < 4.78 is 29.0. The highest BCUT2D eigenvalue weighted by molar-refractivity contribution is 7.91. The number of carbonyl (C=O) groups is 2. The lowest BCUT2D eigenvalue weighted by Crippen LogP contribution is -2.22. The van der Waals surface area contributed by atoms with Crippen molar-refractivity contribution in [2.24, 2.45) is 0 Å². The Morgan fingerprint density at radius 1 is 1.15 bits per heavy atom. The lowest BCUT2D eigenvalue weighted by atomic mass is 10.2. The summed E-state index contributed by atoms with van der Waals surface area (Å²) in [5.74, 6) is -1.87. The molecule has 0 fully saturated rings. The van der Waals surface area contributed by atoms with E-state index in [1.165, 1.54) is 49.4 Å². The van der Waals surface area contributed by atoms with Gasteiger partial charge in [0.05, 0.1) is 21.1 Å². The number of ether oxygens (including phenoxy) is 1. The zero-order chi connectivity index (χ0) is 20.0. The number of benzene rings is 2.